The molecule has 1 atom stereocenters. The summed E-state index contributed by atoms with van der Waals surface area (Å²) in [4.78, 5) is 38.0. The van der Waals surface area contributed by atoms with E-state index in [0.717, 1.165) is 116 Å². The molecule has 0 saturated carbocycles. The van der Waals surface area contributed by atoms with Crippen LogP contribution in [0.15, 0.2) is 97.2 Å². The Bertz CT molecular complexity index is 1280. The predicted octanol–water partition coefficient (Wildman–Crippen LogP) is 17.0. The monoisotopic (exact) mass is 875 g/mol. The minimum Gasteiger partial charge on any atom is -0.462 e. The van der Waals surface area contributed by atoms with Crippen LogP contribution in [0, 0.1) is 0 Å². The molecule has 6 nitrogen and oxygen atoms in total. The fraction of sp³-hybridized carbons (Fsp3) is 0.667. The summed E-state index contributed by atoms with van der Waals surface area (Å²) >= 11 is 0. The van der Waals surface area contributed by atoms with Crippen molar-refractivity contribution in [2.75, 3.05) is 13.2 Å². The summed E-state index contributed by atoms with van der Waals surface area (Å²) in [6.45, 7) is 6.32. The normalized spacial score (nSPS) is 12.9. The van der Waals surface area contributed by atoms with E-state index in [0.29, 0.717) is 12.8 Å². The van der Waals surface area contributed by atoms with E-state index in [1.807, 2.05) is 36.5 Å². The van der Waals surface area contributed by atoms with E-state index in [9.17, 15) is 14.4 Å². The summed E-state index contributed by atoms with van der Waals surface area (Å²) < 4.78 is 16.7. The maximum absolute atomic E-state index is 12.8. The molecule has 0 fully saturated rings. The highest BCUT2D eigenvalue weighted by Crippen LogP contribution is 2.14. The van der Waals surface area contributed by atoms with Gasteiger partial charge in [0.25, 0.3) is 0 Å². The van der Waals surface area contributed by atoms with Crippen molar-refractivity contribution >= 4 is 17.9 Å². The molecule has 0 spiro atoms. The van der Waals surface area contributed by atoms with E-state index in [1.54, 1.807) is 0 Å². The first-order valence-electron chi connectivity index (χ1n) is 25.8. The van der Waals surface area contributed by atoms with E-state index in [2.05, 4.69) is 81.5 Å². The molecule has 0 N–H and O–H groups in total. The Morgan fingerprint density at radius 1 is 0.349 bits per heavy atom. The molecule has 0 aliphatic rings. The minimum absolute atomic E-state index is 0.105. The Morgan fingerprint density at radius 3 is 1.19 bits per heavy atom. The van der Waals surface area contributed by atoms with Gasteiger partial charge in [0.2, 0.25) is 0 Å². The molecule has 0 rings (SSSR count). The maximum Gasteiger partial charge on any atom is 0.306 e. The van der Waals surface area contributed by atoms with Crippen molar-refractivity contribution in [3.63, 3.8) is 0 Å². The second kappa shape index (κ2) is 51.0. The molecule has 0 saturated heterocycles. The lowest BCUT2D eigenvalue weighted by Crippen LogP contribution is -2.30. The van der Waals surface area contributed by atoms with E-state index in [-0.39, 0.29) is 37.5 Å². The lowest BCUT2D eigenvalue weighted by Gasteiger charge is -2.18. The van der Waals surface area contributed by atoms with Gasteiger partial charge in [-0.25, -0.2) is 0 Å². The van der Waals surface area contributed by atoms with Crippen LogP contribution in [-0.4, -0.2) is 37.2 Å². The van der Waals surface area contributed by atoms with Gasteiger partial charge in [0.15, 0.2) is 6.10 Å². The lowest BCUT2D eigenvalue weighted by atomic mass is 10.1. The standard InChI is InChI=1S/C57H94O6/c1-4-7-10-13-16-19-22-25-27-28-29-30-33-35-38-41-44-47-50-56(59)62-53-54(52-61-55(58)49-46-43-40-37-34-31-24-21-18-15-12-9-6-3)63-57(60)51-48-45-42-39-36-32-26-23-20-17-14-11-8-5-2/h8-9,11-12,15,17-18,20-21,24,26,29-32,34,54H,4-7,10,13-14,16,19,22-23,25,27-28,33,35-53H2,1-3H3/b11-8+,12-9+,18-15+,20-17+,24-21+,30-29+,32-26+,34-31+. The zero-order valence-electron chi connectivity index (χ0n) is 40.8. The molecule has 63 heavy (non-hydrogen) atoms. The van der Waals surface area contributed by atoms with Crippen LogP contribution >= 0.6 is 0 Å². The predicted molar refractivity (Wildman–Crippen MR) is 270 cm³/mol. The van der Waals surface area contributed by atoms with Gasteiger partial charge in [-0.3, -0.25) is 14.4 Å². The fourth-order valence-corrected chi connectivity index (χ4v) is 6.81. The van der Waals surface area contributed by atoms with Crippen molar-refractivity contribution < 1.29 is 28.6 Å². The van der Waals surface area contributed by atoms with Gasteiger partial charge in [0.05, 0.1) is 0 Å². The van der Waals surface area contributed by atoms with Crippen molar-refractivity contribution in [1.82, 2.24) is 0 Å². The van der Waals surface area contributed by atoms with Crippen molar-refractivity contribution in [3.05, 3.63) is 97.2 Å². The third kappa shape index (κ3) is 49.2. The van der Waals surface area contributed by atoms with Gasteiger partial charge in [0.1, 0.15) is 13.2 Å². The number of hydrogen-bond donors (Lipinski definition) is 0. The number of rotatable bonds is 45. The number of esters is 3. The smallest absolute Gasteiger partial charge is 0.306 e. The van der Waals surface area contributed by atoms with Crippen molar-refractivity contribution in [2.24, 2.45) is 0 Å². The second-order valence-corrected chi connectivity index (χ2v) is 16.8. The number of hydrogen-bond acceptors (Lipinski definition) is 6. The lowest BCUT2D eigenvalue weighted by molar-refractivity contribution is -0.167. The van der Waals surface area contributed by atoms with Gasteiger partial charge in [0, 0.05) is 19.3 Å². The topological polar surface area (TPSA) is 78.9 Å². The Kier molecular flexibility index (Phi) is 48.0. The van der Waals surface area contributed by atoms with E-state index in [1.165, 1.54) is 70.6 Å². The molecule has 0 amide bonds. The molecule has 0 heterocycles. The first kappa shape index (κ1) is 59.3. The van der Waals surface area contributed by atoms with Crippen LogP contribution < -0.4 is 0 Å². The fourth-order valence-electron chi connectivity index (χ4n) is 6.81. The number of carbonyl (C=O) groups is 3. The Labute approximate surface area is 387 Å². The molecule has 6 heteroatoms. The third-order valence-electron chi connectivity index (χ3n) is 10.6. The second-order valence-electron chi connectivity index (χ2n) is 16.8. The Hall–Kier alpha value is -3.67. The summed E-state index contributed by atoms with van der Waals surface area (Å²) in [5, 5.41) is 0. The maximum atomic E-state index is 12.8. The Morgan fingerprint density at radius 2 is 0.698 bits per heavy atom. The molecule has 0 aliphatic carbocycles. The SMILES string of the molecule is CC/C=C/C=C/C=C/C=C/CCCCCC(=O)OCC(COC(=O)CCCCCCC/C=C/CCCCCCCCCCC)OC(=O)CCCCCC/C=C/C/C=C/C/C=C/CC. The van der Waals surface area contributed by atoms with Crippen molar-refractivity contribution in [1.29, 1.82) is 0 Å². The zero-order valence-corrected chi connectivity index (χ0v) is 40.8. The number of ether oxygens (including phenoxy) is 3. The van der Waals surface area contributed by atoms with Gasteiger partial charge in [-0.15, -0.1) is 0 Å². The molecule has 1 unspecified atom stereocenters. The molecule has 0 aromatic heterocycles. The highest BCUT2D eigenvalue weighted by atomic mass is 16.6. The van der Waals surface area contributed by atoms with Gasteiger partial charge in [-0.1, -0.05) is 208 Å². The first-order valence-corrected chi connectivity index (χ1v) is 25.8. The van der Waals surface area contributed by atoms with Gasteiger partial charge >= 0.3 is 17.9 Å². The average Bonchev–Trinajstić information content (AvgIpc) is 3.28. The zero-order chi connectivity index (χ0) is 45.8. The van der Waals surface area contributed by atoms with Gasteiger partial charge in [-0.05, 0) is 96.3 Å². The van der Waals surface area contributed by atoms with Crippen LogP contribution in [-0.2, 0) is 28.6 Å². The molecule has 0 radical (unpaired) electrons. The van der Waals surface area contributed by atoms with Crippen LogP contribution in [0.5, 0.6) is 0 Å². The molecule has 0 bridgehead atoms. The quantitative estimate of drug-likeness (QED) is 0.0199. The number of unbranched alkanes of at least 4 members (excludes halogenated alkanes) is 21. The van der Waals surface area contributed by atoms with Crippen molar-refractivity contribution in [3.8, 4) is 0 Å². The summed E-state index contributed by atoms with van der Waals surface area (Å²) in [7, 11) is 0. The van der Waals surface area contributed by atoms with Crippen LogP contribution in [0.1, 0.15) is 226 Å². The first-order chi connectivity index (χ1) is 31.0. The molecular weight excluding hydrogens is 781 g/mol. The summed E-state index contributed by atoms with van der Waals surface area (Å²) in [5.74, 6) is -0.979. The van der Waals surface area contributed by atoms with Crippen LogP contribution in [0.4, 0.5) is 0 Å². The molecule has 0 aliphatic heterocycles. The van der Waals surface area contributed by atoms with E-state index < -0.39 is 6.10 Å². The molecule has 0 aromatic rings. The average molecular weight is 875 g/mol. The van der Waals surface area contributed by atoms with Gasteiger partial charge < -0.3 is 14.2 Å². The van der Waals surface area contributed by atoms with E-state index >= 15 is 0 Å². The van der Waals surface area contributed by atoms with Gasteiger partial charge in [-0.2, -0.15) is 0 Å². The van der Waals surface area contributed by atoms with Crippen molar-refractivity contribution in [2.45, 2.75) is 232 Å². The molecule has 358 valence electrons. The summed E-state index contributed by atoms with van der Waals surface area (Å²) in [5.41, 5.74) is 0. The summed E-state index contributed by atoms with van der Waals surface area (Å²) in [6.07, 6.45) is 66.8. The molecule has 0 aromatic carbocycles. The van der Waals surface area contributed by atoms with Crippen LogP contribution in [0.2, 0.25) is 0 Å². The molecular formula is C57H94O6. The highest BCUT2D eigenvalue weighted by molar-refractivity contribution is 5.71. The summed E-state index contributed by atoms with van der Waals surface area (Å²) in [6, 6.07) is 0. The van der Waals surface area contributed by atoms with Crippen LogP contribution in [0.25, 0.3) is 0 Å². The van der Waals surface area contributed by atoms with E-state index in [4.69, 9.17) is 14.2 Å². The van der Waals surface area contributed by atoms with Crippen LogP contribution in [0.3, 0.4) is 0 Å². The number of carbonyl (C=O) groups excluding carboxylic acids is 3. The Balaban J connectivity index is 4.46. The largest absolute Gasteiger partial charge is 0.462 e. The third-order valence-corrected chi connectivity index (χ3v) is 10.6. The highest BCUT2D eigenvalue weighted by Gasteiger charge is 2.19. The number of allylic oxidation sites excluding steroid dienone is 16. The minimum atomic E-state index is -0.809.